The molecule has 1 aliphatic heterocycles. The molecule has 26 heavy (non-hydrogen) atoms. The molecule has 2 aromatic heterocycles. The van der Waals surface area contributed by atoms with Crippen LogP contribution in [0.5, 0.6) is 23.0 Å². The second kappa shape index (κ2) is 5.39. The summed E-state index contributed by atoms with van der Waals surface area (Å²) in [5.41, 5.74) is 2.25. The monoisotopic (exact) mass is 348 g/mol. The molecule has 0 fully saturated rings. The van der Waals surface area contributed by atoms with E-state index in [9.17, 15) is 0 Å². The van der Waals surface area contributed by atoms with E-state index in [0.29, 0.717) is 0 Å². The summed E-state index contributed by atoms with van der Waals surface area (Å²) in [5.74, 6) is 3.06. The van der Waals surface area contributed by atoms with Crippen molar-refractivity contribution >= 4 is 27.1 Å². The third-order valence-corrected chi connectivity index (χ3v) is 5.10. The first-order chi connectivity index (χ1) is 12.7. The largest absolute Gasteiger partial charge is 0.493 e. The predicted octanol–water partition coefficient (Wildman–Crippen LogP) is 3.79. The van der Waals surface area contributed by atoms with Crippen LogP contribution < -0.4 is 23.3 Å². The summed E-state index contributed by atoms with van der Waals surface area (Å²) in [7, 11) is 3.31. The Labute approximate surface area is 150 Å². The maximum Gasteiger partial charge on any atom is 0.231 e. The molecule has 5 rings (SSSR count). The maximum absolute atomic E-state index is 5.68. The molecule has 5 nitrogen and oxygen atoms in total. The van der Waals surface area contributed by atoms with E-state index in [-0.39, 0.29) is 6.79 Å². The second-order valence-corrected chi connectivity index (χ2v) is 6.36. The fourth-order valence-electron chi connectivity index (χ4n) is 3.79. The number of hydrogen-bond acceptors (Lipinski definition) is 4. The number of fused-ring (bicyclic) bond motifs is 6. The fourth-order valence-corrected chi connectivity index (χ4v) is 3.79. The summed E-state index contributed by atoms with van der Waals surface area (Å²) in [4.78, 5) is 0. The van der Waals surface area contributed by atoms with Crippen molar-refractivity contribution in [2.45, 2.75) is 6.92 Å². The van der Waals surface area contributed by atoms with E-state index < -0.39 is 0 Å². The Kier molecular flexibility index (Phi) is 3.13. The Morgan fingerprint density at radius 1 is 0.885 bits per heavy atom. The SMILES string of the molecule is COc1cc2cc3c4ccc5c(c4cc[n+]3c(C)c2cc1OC)OCO5. The van der Waals surface area contributed by atoms with Gasteiger partial charge in [0.05, 0.1) is 25.0 Å². The van der Waals surface area contributed by atoms with Gasteiger partial charge < -0.3 is 18.9 Å². The van der Waals surface area contributed by atoms with Gasteiger partial charge in [0.25, 0.3) is 0 Å². The molecule has 0 radical (unpaired) electrons. The maximum atomic E-state index is 5.68. The van der Waals surface area contributed by atoms with Crippen LogP contribution in [-0.2, 0) is 0 Å². The zero-order valence-corrected chi connectivity index (χ0v) is 14.8. The third-order valence-electron chi connectivity index (χ3n) is 5.10. The lowest BCUT2D eigenvalue weighted by Crippen LogP contribution is -2.25. The van der Waals surface area contributed by atoms with Crippen LogP contribution in [0.2, 0.25) is 0 Å². The average molecular weight is 348 g/mol. The molecule has 0 unspecified atom stereocenters. The van der Waals surface area contributed by atoms with Gasteiger partial charge in [-0.3, -0.25) is 0 Å². The van der Waals surface area contributed by atoms with Crippen LogP contribution in [0.3, 0.4) is 0 Å². The number of ether oxygens (including phenoxy) is 4. The minimum Gasteiger partial charge on any atom is -0.493 e. The Morgan fingerprint density at radius 2 is 1.69 bits per heavy atom. The zero-order chi connectivity index (χ0) is 17.8. The molecular formula is C21H18NO4+. The lowest BCUT2D eigenvalue weighted by Gasteiger charge is -2.10. The van der Waals surface area contributed by atoms with Gasteiger partial charge in [0.2, 0.25) is 12.3 Å². The highest BCUT2D eigenvalue weighted by Gasteiger charge is 2.22. The average Bonchev–Trinajstić information content (AvgIpc) is 3.16. The van der Waals surface area contributed by atoms with Crippen molar-refractivity contribution in [1.29, 1.82) is 0 Å². The number of aryl methyl sites for hydroxylation is 1. The lowest BCUT2D eigenvalue weighted by atomic mass is 10.0. The van der Waals surface area contributed by atoms with E-state index in [1.165, 1.54) is 0 Å². The lowest BCUT2D eigenvalue weighted by molar-refractivity contribution is -0.516. The highest BCUT2D eigenvalue weighted by molar-refractivity contribution is 6.02. The van der Waals surface area contributed by atoms with Crippen molar-refractivity contribution < 1.29 is 23.3 Å². The molecule has 0 spiro atoms. The molecule has 0 saturated heterocycles. The number of methoxy groups -OCH3 is 2. The molecule has 0 atom stereocenters. The molecule has 0 aliphatic carbocycles. The summed E-state index contributed by atoms with van der Waals surface area (Å²) in [6.45, 7) is 2.38. The molecule has 3 heterocycles. The van der Waals surface area contributed by atoms with Crippen LogP contribution in [0.1, 0.15) is 5.69 Å². The van der Waals surface area contributed by atoms with Gasteiger partial charge in [0, 0.05) is 24.4 Å². The molecule has 130 valence electrons. The zero-order valence-electron chi connectivity index (χ0n) is 14.8. The summed E-state index contributed by atoms with van der Waals surface area (Å²) in [6.07, 6.45) is 2.07. The van der Waals surface area contributed by atoms with Gasteiger partial charge >= 0.3 is 0 Å². The minimum absolute atomic E-state index is 0.271. The van der Waals surface area contributed by atoms with Gasteiger partial charge in [-0.05, 0) is 29.7 Å². The summed E-state index contributed by atoms with van der Waals surface area (Å²) < 4.78 is 24.3. The van der Waals surface area contributed by atoms with E-state index >= 15 is 0 Å². The summed E-state index contributed by atoms with van der Waals surface area (Å²) in [6, 6.07) is 12.4. The number of hydrogen-bond donors (Lipinski definition) is 0. The number of rotatable bonds is 2. The van der Waals surface area contributed by atoms with Crippen molar-refractivity contribution in [3.63, 3.8) is 0 Å². The molecule has 5 heteroatoms. The number of nitrogens with zero attached hydrogens (tertiary/aromatic N) is 1. The van der Waals surface area contributed by atoms with Crippen molar-refractivity contribution in [2.75, 3.05) is 21.0 Å². The van der Waals surface area contributed by atoms with Crippen LogP contribution in [0.15, 0.2) is 42.6 Å². The van der Waals surface area contributed by atoms with Crippen LogP contribution in [0, 0.1) is 6.92 Å². The molecule has 0 bridgehead atoms. The predicted molar refractivity (Wildman–Crippen MR) is 98.6 cm³/mol. The number of benzene rings is 2. The Bertz CT molecular complexity index is 1200. The van der Waals surface area contributed by atoms with E-state index in [1.807, 2.05) is 18.2 Å². The second-order valence-electron chi connectivity index (χ2n) is 6.36. The first kappa shape index (κ1) is 15.1. The molecule has 4 aromatic rings. The summed E-state index contributed by atoms with van der Waals surface area (Å²) >= 11 is 0. The smallest absolute Gasteiger partial charge is 0.231 e. The summed E-state index contributed by atoms with van der Waals surface area (Å²) in [5, 5.41) is 4.40. The normalized spacial score (nSPS) is 12.9. The molecule has 0 amide bonds. The molecule has 1 aliphatic rings. The number of pyridine rings is 2. The van der Waals surface area contributed by atoms with E-state index in [1.54, 1.807) is 14.2 Å². The Hall–Kier alpha value is -3.21. The van der Waals surface area contributed by atoms with E-state index in [4.69, 9.17) is 18.9 Å². The van der Waals surface area contributed by atoms with Gasteiger partial charge in [-0.2, -0.15) is 4.40 Å². The molecule has 0 saturated carbocycles. The first-order valence-corrected chi connectivity index (χ1v) is 8.43. The third kappa shape index (κ3) is 1.94. The van der Waals surface area contributed by atoms with Gasteiger partial charge in [0.15, 0.2) is 34.9 Å². The first-order valence-electron chi connectivity index (χ1n) is 8.43. The van der Waals surface area contributed by atoms with Crippen molar-refractivity contribution in [1.82, 2.24) is 0 Å². The van der Waals surface area contributed by atoms with Gasteiger partial charge in [-0.1, -0.05) is 0 Å². The standard InChI is InChI=1S/C21H18NO4/c1-12-16-10-20(24-3)19(23-2)9-13(16)8-17-14-4-5-18-21(26-11-25-18)15(14)6-7-22(12)17/h4-10H,11H2,1-3H3/q+1. The highest BCUT2D eigenvalue weighted by atomic mass is 16.7. The van der Waals surface area contributed by atoms with Crippen molar-refractivity contribution in [3.8, 4) is 23.0 Å². The fraction of sp³-hybridized carbons (Fsp3) is 0.190. The van der Waals surface area contributed by atoms with Crippen LogP contribution in [0.4, 0.5) is 0 Å². The van der Waals surface area contributed by atoms with Crippen LogP contribution >= 0.6 is 0 Å². The molecule has 0 N–H and O–H groups in total. The van der Waals surface area contributed by atoms with Gasteiger partial charge in [0.1, 0.15) is 0 Å². The highest BCUT2D eigenvalue weighted by Crippen LogP contribution is 2.40. The topological polar surface area (TPSA) is 41.0 Å². The van der Waals surface area contributed by atoms with Crippen LogP contribution in [0.25, 0.3) is 27.1 Å². The van der Waals surface area contributed by atoms with E-state index in [2.05, 4.69) is 35.7 Å². The van der Waals surface area contributed by atoms with Gasteiger partial charge in [-0.25, -0.2) is 0 Å². The minimum atomic E-state index is 0.271. The van der Waals surface area contributed by atoms with Crippen molar-refractivity contribution in [3.05, 3.63) is 48.3 Å². The number of aromatic nitrogens is 1. The quantitative estimate of drug-likeness (QED) is 0.314. The van der Waals surface area contributed by atoms with Crippen LogP contribution in [-0.4, -0.2) is 21.0 Å². The molecular weight excluding hydrogens is 330 g/mol. The Balaban J connectivity index is 1.91. The molecule has 2 aromatic carbocycles. The van der Waals surface area contributed by atoms with Gasteiger partial charge in [-0.15, -0.1) is 0 Å². The van der Waals surface area contributed by atoms with Crippen molar-refractivity contribution in [2.24, 2.45) is 0 Å². The Morgan fingerprint density at radius 3 is 2.50 bits per heavy atom. The van der Waals surface area contributed by atoms with E-state index in [0.717, 1.165) is 55.8 Å².